The number of fused-ring (bicyclic) bond motifs is 1. The molecule has 1 aliphatic rings. The van der Waals surface area contributed by atoms with E-state index in [1.54, 1.807) is 19.2 Å². The van der Waals surface area contributed by atoms with Gasteiger partial charge in [0.25, 0.3) is 0 Å². The van der Waals surface area contributed by atoms with Crippen LogP contribution >= 0.6 is 0 Å². The van der Waals surface area contributed by atoms with Gasteiger partial charge in [0, 0.05) is 6.04 Å². The predicted molar refractivity (Wildman–Crippen MR) is 115 cm³/mol. The van der Waals surface area contributed by atoms with Crippen LogP contribution < -0.4 is 19.5 Å². The second-order valence-electron chi connectivity index (χ2n) is 7.51. The molecule has 1 N–H and O–H groups in total. The van der Waals surface area contributed by atoms with Crippen LogP contribution in [-0.2, 0) is 24.1 Å². The summed E-state index contributed by atoms with van der Waals surface area (Å²) < 4.78 is 29.2. The van der Waals surface area contributed by atoms with Gasteiger partial charge in [-0.15, -0.1) is 0 Å². The lowest BCUT2D eigenvalue weighted by Gasteiger charge is -2.20. The lowest BCUT2D eigenvalue weighted by Crippen LogP contribution is -2.39. The van der Waals surface area contributed by atoms with Gasteiger partial charge in [0.05, 0.1) is 13.5 Å². The Morgan fingerprint density at radius 2 is 1.58 bits per heavy atom. The van der Waals surface area contributed by atoms with Gasteiger partial charge in [-0.05, 0) is 65.9 Å². The first kappa shape index (κ1) is 20.7. The van der Waals surface area contributed by atoms with Gasteiger partial charge in [0.1, 0.15) is 11.6 Å². The van der Waals surface area contributed by atoms with Gasteiger partial charge in [-0.1, -0.05) is 30.3 Å². The fourth-order valence-electron chi connectivity index (χ4n) is 3.64. The Labute approximate surface area is 180 Å². The van der Waals surface area contributed by atoms with Crippen LogP contribution in [0.1, 0.15) is 16.7 Å². The van der Waals surface area contributed by atoms with Crippen molar-refractivity contribution in [1.29, 1.82) is 0 Å². The Balaban J connectivity index is 1.48. The number of carbonyl (C=O) groups is 1. The van der Waals surface area contributed by atoms with Crippen LogP contribution in [0.25, 0.3) is 0 Å². The van der Waals surface area contributed by atoms with Crippen molar-refractivity contribution in [2.24, 2.45) is 0 Å². The van der Waals surface area contributed by atoms with Gasteiger partial charge >= 0.3 is 0 Å². The zero-order valence-corrected chi connectivity index (χ0v) is 17.3. The standard InChI is InChI=1S/C25H24FNO4/c1-29-22-9-4-17(5-10-22)12-21(13-19-6-11-23-24(14-19)31-16-30-23)27-25(28)15-18-2-7-20(26)8-3-18/h2-11,14,21H,12-13,15-16H2,1H3,(H,27,28)/t21-/m0/s1. The number of hydrogen-bond acceptors (Lipinski definition) is 4. The summed E-state index contributed by atoms with van der Waals surface area (Å²) in [5.41, 5.74) is 2.91. The molecule has 6 heteroatoms. The van der Waals surface area contributed by atoms with Crippen LogP contribution in [-0.4, -0.2) is 25.9 Å². The molecule has 3 aromatic carbocycles. The summed E-state index contributed by atoms with van der Waals surface area (Å²) in [5.74, 6) is 1.82. The van der Waals surface area contributed by atoms with Crippen LogP contribution in [0, 0.1) is 5.82 Å². The van der Waals surface area contributed by atoms with Crippen molar-refractivity contribution in [3.63, 3.8) is 0 Å². The van der Waals surface area contributed by atoms with Gasteiger partial charge in [-0.25, -0.2) is 4.39 Å². The molecular formula is C25H24FNO4. The van der Waals surface area contributed by atoms with Gasteiger partial charge in [-0.2, -0.15) is 0 Å². The van der Waals surface area contributed by atoms with E-state index in [0.29, 0.717) is 12.8 Å². The highest BCUT2D eigenvalue weighted by Gasteiger charge is 2.18. The lowest BCUT2D eigenvalue weighted by molar-refractivity contribution is -0.121. The number of carbonyl (C=O) groups excluding carboxylic acids is 1. The Bertz CT molecular complexity index is 1030. The van der Waals surface area contributed by atoms with Crippen molar-refractivity contribution in [1.82, 2.24) is 5.32 Å². The first-order valence-corrected chi connectivity index (χ1v) is 10.1. The molecule has 31 heavy (non-hydrogen) atoms. The summed E-state index contributed by atoms with van der Waals surface area (Å²) in [5, 5.41) is 3.14. The first-order chi connectivity index (χ1) is 15.1. The van der Waals surface area contributed by atoms with Gasteiger partial charge in [-0.3, -0.25) is 4.79 Å². The monoisotopic (exact) mass is 421 g/mol. The maximum Gasteiger partial charge on any atom is 0.231 e. The van der Waals surface area contributed by atoms with E-state index in [-0.39, 0.29) is 31.0 Å². The topological polar surface area (TPSA) is 56.8 Å². The highest BCUT2D eigenvalue weighted by atomic mass is 19.1. The van der Waals surface area contributed by atoms with E-state index >= 15 is 0 Å². The minimum Gasteiger partial charge on any atom is -0.497 e. The first-order valence-electron chi connectivity index (χ1n) is 10.1. The predicted octanol–water partition coefficient (Wildman–Crippen LogP) is 4.08. The zero-order chi connectivity index (χ0) is 21.6. The van der Waals surface area contributed by atoms with E-state index in [0.717, 1.165) is 33.9 Å². The summed E-state index contributed by atoms with van der Waals surface area (Å²) in [4.78, 5) is 12.7. The molecule has 0 bridgehead atoms. The second-order valence-corrected chi connectivity index (χ2v) is 7.51. The second kappa shape index (κ2) is 9.51. The zero-order valence-electron chi connectivity index (χ0n) is 17.3. The molecule has 0 radical (unpaired) electrons. The molecule has 0 saturated carbocycles. The molecule has 0 unspecified atom stereocenters. The Kier molecular flexibility index (Phi) is 6.36. The molecule has 1 aliphatic heterocycles. The van der Waals surface area contributed by atoms with Crippen molar-refractivity contribution < 1.29 is 23.4 Å². The minimum atomic E-state index is -0.315. The molecule has 0 aromatic heterocycles. The molecule has 0 aliphatic carbocycles. The molecule has 1 atom stereocenters. The number of nitrogens with one attached hydrogen (secondary N) is 1. The fraction of sp³-hybridized carbons (Fsp3) is 0.240. The van der Waals surface area contributed by atoms with Crippen molar-refractivity contribution in [2.75, 3.05) is 13.9 Å². The molecule has 5 nitrogen and oxygen atoms in total. The van der Waals surface area contributed by atoms with Gasteiger partial charge < -0.3 is 19.5 Å². The third-order valence-corrected chi connectivity index (χ3v) is 5.20. The number of ether oxygens (including phenoxy) is 3. The van der Waals surface area contributed by atoms with Crippen LogP contribution in [0.5, 0.6) is 17.2 Å². The van der Waals surface area contributed by atoms with E-state index in [1.165, 1.54) is 12.1 Å². The average molecular weight is 421 g/mol. The van der Waals surface area contributed by atoms with E-state index in [2.05, 4.69) is 5.32 Å². The number of rotatable bonds is 8. The third-order valence-electron chi connectivity index (χ3n) is 5.20. The maximum atomic E-state index is 13.1. The van der Waals surface area contributed by atoms with Crippen LogP contribution in [0.15, 0.2) is 66.7 Å². The summed E-state index contributed by atoms with van der Waals surface area (Å²) in [6, 6.07) is 19.5. The molecule has 3 aromatic rings. The maximum absolute atomic E-state index is 13.1. The van der Waals surface area contributed by atoms with Crippen molar-refractivity contribution >= 4 is 5.91 Å². The summed E-state index contributed by atoms with van der Waals surface area (Å²) in [7, 11) is 1.63. The number of methoxy groups -OCH3 is 1. The molecule has 4 rings (SSSR count). The Hall–Kier alpha value is -3.54. The van der Waals surface area contributed by atoms with Crippen LogP contribution in [0.2, 0.25) is 0 Å². The average Bonchev–Trinajstić information content (AvgIpc) is 3.24. The molecular weight excluding hydrogens is 397 g/mol. The molecule has 160 valence electrons. The summed E-state index contributed by atoms with van der Waals surface area (Å²) >= 11 is 0. The summed E-state index contributed by atoms with van der Waals surface area (Å²) in [6.45, 7) is 0.225. The highest BCUT2D eigenvalue weighted by molar-refractivity contribution is 5.79. The van der Waals surface area contributed by atoms with Crippen molar-refractivity contribution in [3.05, 3.63) is 89.2 Å². The Morgan fingerprint density at radius 3 is 2.32 bits per heavy atom. The Morgan fingerprint density at radius 1 is 0.935 bits per heavy atom. The molecule has 0 spiro atoms. The number of amides is 1. The third kappa shape index (κ3) is 5.54. The number of hydrogen-bond donors (Lipinski definition) is 1. The van der Waals surface area contributed by atoms with Crippen LogP contribution in [0.3, 0.4) is 0 Å². The molecule has 0 fully saturated rings. The van der Waals surface area contributed by atoms with E-state index in [4.69, 9.17) is 14.2 Å². The van der Waals surface area contributed by atoms with Crippen LogP contribution in [0.4, 0.5) is 4.39 Å². The van der Waals surface area contributed by atoms with E-state index in [1.807, 2.05) is 42.5 Å². The smallest absolute Gasteiger partial charge is 0.231 e. The quantitative estimate of drug-likeness (QED) is 0.596. The lowest BCUT2D eigenvalue weighted by atomic mass is 9.98. The summed E-state index contributed by atoms with van der Waals surface area (Å²) in [6.07, 6.45) is 1.49. The minimum absolute atomic E-state index is 0.106. The van der Waals surface area contributed by atoms with Gasteiger partial charge in [0.15, 0.2) is 11.5 Å². The molecule has 1 amide bonds. The fourth-order valence-corrected chi connectivity index (χ4v) is 3.64. The normalized spacial score (nSPS) is 13.0. The number of benzene rings is 3. The largest absolute Gasteiger partial charge is 0.497 e. The SMILES string of the molecule is COc1ccc(C[C@@H](Cc2ccc3c(c2)OCO3)NC(=O)Cc2ccc(F)cc2)cc1. The van der Waals surface area contributed by atoms with Crippen molar-refractivity contribution in [3.8, 4) is 17.2 Å². The van der Waals surface area contributed by atoms with Crippen molar-refractivity contribution in [2.45, 2.75) is 25.3 Å². The van der Waals surface area contributed by atoms with Gasteiger partial charge in [0.2, 0.25) is 12.7 Å². The van der Waals surface area contributed by atoms with E-state index < -0.39 is 0 Å². The highest BCUT2D eigenvalue weighted by Crippen LogP contribution is 2.33. The number of halogens is 1. The van der Waals surface area contributed by atoms with E-state index in [9.17, 15) is 9.18 Å². The molecule has 0 saturated heterocycles. The molecule has 1 heterocycles.